The van der Waals surface area contributed by atoms with Crippen LogP contribution in [0, 0.1) is 0 Å². The number of phenols is 1. The second kappa shape index (κ2) is 9.09. The zero-order valence-electron chi connectivity index (χ0n) is 17.7. The Morgan fingerprint density at radius 3 is 2.70 bits per heavy atom. The van der Waals surface area contributed by atoms with Gasteiger partial charge < -0.3 is 20.1 Å². The Balaban J connectivity index is 1.72. The molecule has 0 bridgehead atoms. The van der Waals surface area contributed by atoms with Gasteiger partial charge in [0.2, 0.25) is 0 Å². The molecule has 1 aromatic heterocycles. The summed E-state index contributed by atoms with van der Waals surface area (Å²) in [6.07, 6.45) is 0. The number of anilines is 4. The lowest BCUT2D eigenvalue weighted by molar-refractivity contribution is -0.148. The third-order valence-electron chi connectivity index (χ3n) is 5.29. The van der Waals surface area contributed by atoms with Crippen molar-refractivity contribution in [2.24, 2.45) is 0 Å². The van der Waals surface area contributed by atoms with Crippen molar-refractivity contribution in [3.05, 3.63) is 56.8 Å². The lowest BCUT2D eigenvalue weighted by Crippen LogP contribution is -2.38. The van der Waals surface area contributed by atoms with E-state index in [1.54, 1.807) is 54.5 Å². The van der Waals surface area contributed by atoms with Crippen LogP contribution >= 0.6 is 34.5 Å². The van der Waals surface area contributed by atoms with Crippen LogP contribution in [-0.2, 0) is 14.9 Å². The number of aromatic nitrogens is 1. The van der Waals surface area contributed by atoms with E-state index in [2.05, 4.69) is 15.6 Å². The number of ether oxygens (including phenoxy) is 1. The van der Waals surface area contributed by atoms with Gasteiger partial charge in [-0.15, -0.1) is 11.3 Å². The first kappa shape index (κ1) is 23.2. The van der Waals surface area contributed by atoms with E-state index in [9.17, 15) is 14.7 Å². The van der Waals surface area contributed by atoms with Crippen molar-refractivity contribution in [3.63, 3.8) is 0 Å². The van der Waals surface area contributed by atoms with Crippen molar-refractivity contribution in [3.8, 4) is 5.75 Å². The molecule has 0 radical (unpaired) electrons. The Labute approximate surface area is 204 Å². The van der Waals surface area contributed by atoms with Gasteiger partial charge in [-0.25, -0.2) is 9.78 Å². The summed E-state index contributed by atoms with van der Waals surface area (Å²) in [5.74, 6) is -0.172. The molecule has 2 aromatic carbocycles. The zero-order valence-corrected chi connectivity index (χ0v) is 20.0. The number of nitrogens with one attached hydrogen (secondary N) is 2. The standard InChI is InChI=1S/C22H20Cl2N4O4S/c1-3-32-19(30)22(2)11-28(18-15(29)9-8-12(23)17(18)22)14-7-5-4-6-13(14)25-21(31)27-16-10-33-20(24)26-16/h4-10,29H,3,11H2,1-2H3,(H2,25,27,31). The molecule has 8 nitrogen and oxygen atoms in total. The van der Waals surface area contributed by atoms with Crippen LogP contribution in [-0.4, -0.2) is 35.2 Å². The van der Waals surface area contributed by atoms with Crippen LogP contribution in [0.1, 0.15) is 19.4 Å². The number of para-hydroxylation sites is 2. The van der Waals surface area contributed by atoms with E-state index in [4.69, 9.17) is 27.9 Å². The highest BCUT2D eigenvalue weighted by Crippen LogP contribution is 2.53. The molecule has 0 saturated carbocycles. The molecule has 2 heterocycles. The van der Waals surface area contributed by atoms with Crippen molar-refractivity contribution >= 4 is 69.4 Å². The van der Waals surface area contributed by atoms with Crippen LogP contribution in [0.4, 0.5) is 27.7 Å². The molecular formula is C22H20Cl2N4O4S. The number of nitrogens with zero attached hydrogens (tertiary/aromatic N) is 2. The quantitative estimate of drug-likeness (QED) is 0.379. The molecule has 1 aliphatic rings. The third-order valence-corrected chi connectivity index (χ3v) is 6.58. The number of urea groups is 1. The third kappa shape index (κ3) is 4.31. The van der Waals surface area contributed by atoms with Crippen LogP contribution in [0.2, 0.25) is 9.49 Å². The first-order valence-corrected chi connectivity index (χ1v) is 11.6. The van der Waals surface area contributed by atoms with Crippen LogP contribution in [0.5, 0.6) is 5.75 Å². The van der Waals surface area contributed by atoms with Gasteiger partial charge in [0.1, 0.15) is 17.0 Å². The first-order valence-electron chi connectivity index (χ1n) is 9.99. The molecule has 0 spiro atoms. The molecule has 2 amide bonds. The number of benzene rings is 2. The fourth-order valence-corrected chi connectivity index (χ4v) is 4.94. The number of amides is 2. The number of esters is 1. The van der Waals surface area contributed by atoms with Gasteiger partial charge in [0.25, 0.3) is 0 Å². The van der Waals surface area contributed by atoms with Gasteiger partial charge in [0, 0.05) is 22.5 Å². The summed E-state index contributed by atoms with van der Waals surface area (Å²) in [5.41, 5.74) is 0.747. The molecule has 3 aromatic rings. The monoisotopic (exact) mass is 506 g/mol. The SMILES string of the molecule is CCOC(=O)C1(C)CN(c2ccccc2NC(=O)Nc2csc(Cl)n2)c2c(O)ccc(Cl)c21. The summed E-state index contributed by atoms with van der Waals surface area (Å²) in [5, 5.41) is 18.1. The Morgan fingerprint density at radius 2 is 2.00 bits per heavy atom. The fourth-order valence-electron chi connectivity index (χ4n) is 3.88. The van der Waals surface area contributed by atoms with Gasteiger partial charge in [0.05, 0.1) is 23.7 Å². The number of thiazole rings is 1. The lowest BCUT2D eigenvalue weighted by Gasteiger charge is -2.26. The molecule has 172 valence electrons. The van der Waals surface area contributed by atoms with Crippen LogP contribution in [0.3, 0.4) is 0 Å². The predicted octanol–water partition coefficient (Wildman–Crippen LogP) is 5.77. The number of hydrogen-bond donors (Lipinski definition) is 3. The molecule has 11 heteroatoms. The highest BCUT2D eigenvalue weighted by Gasteiger charge is 2.49. The summed E-state index contributed by atoms with van der Waals surface area (Å²) in [6.45, 7) is 3.82. The molecule has 0 saturated heterocycles. The van der Waals surface area contributed by atoms with E-state index in [1.807, 2.05) is 0 Å². The normalized spacial score (nSPS) is 16.9. The Kier molecular flexibility index (Phi) is 6.38. The van der Waals surface area contributed by atoms with Crippen molar-refractivity contribution in [2.75, 3.05) is 28.7 Å². The number of rotatable bonds is 5. The lowest BCUT2D eigenvalue weighted by atomic mass is 9.84. The van der Waals surface area contributed by atoms with E-state index in [-0.39, 0.29) is 18.9 Å². The number of carbonyl (C=O) groups is 2. The molecule has 0 aliphatic carbocycles. The summed E-state index contributed by atoms with van der Waals surface area (Å²) >= 11 is 13.5. The number of hydrogen-bond acceptors (Lipinski definition) is 7. The van der Waals surface area contributed by atoms with E-state index in [0.29, 0.717) is 37.9 Å². The number of aromatic hydroxyl groups is 1. The molecular weight excluding hydrogens is 487 g/mol. The first-order chi connectivity index (χ1) is 15.7. The molecule has 1 aliphatic heterocycles. The Morgan fingerprint density at radius 1 is 1.24 bits per heavy atom. The minimum Gasteiger partial charge on any atom is -0.506 e. The second-order valence-corrected chi connectivity index (χ2v) is 9.36. The summed E-state index contributed by atoms with van der Waals surface area (Å²) in [6, 6.07) is 9.54. The Bertz CT molecular complexity index is 1230. The summed E-state index contributed by atoms with van der Waals surface area (Å²) in [4.78, 5) is 31.3. The minimum absolute atomic E-state index is 0.0428. The number of carbonyl (C=O) groups excluding carboxylic acids is 2. The van der Waals surface area contributed by atoms with Gasteiger partial charge in [0.15, 0.2) is 4.47 Å². The molecule has 4 rings (SSSR count). The molecule has 33 heavy (non-hydrogen) atoms. The number of phenolic OH excluding ortho intramolecular Hbond substituents is 1. The van der Waals surface area contributed by atoms with Crippen molar-refractivity contribution < 1.29 is 19.4 Å². The van der Waals surface area contributed by atoms with Crippen LogP contribution in [0.15, 0.2) is 41.8 Å². The van der Waals surface area contributed by atoms with Gasteiger partial charge in [-0.3, -0.25) is 10.1 Å². The predicted molar refractivity (Wildman–Crippen MR) is 130 cm³/mol. The van der Waals surface area contributed by atoms with Gasteiger partial charge >= 0.3 is 12.0 Å². The topological polar surface area (TPSA) is 104 Å². The second-order valence-electron chi connectivity index (χ2n) is 7.51. The Hall–Kier alpha value is -3.01. The fraction of sp³-hybridized carbons (Fsp3) is 0.227. The maximum absolute atomic E-state index is 13.0. The van der Waals surface area contributed by atoms with Crippen LogP contribution < -0.4 is 15.5 Å². The van der Waals surface area contributed by atoms with Gasteiger partial charge in [-0.1, -0.05) is 35.3 Å². The van der Waals surface area contributed by atoms with Crippen molar-refractivity contribution in [2.45, 2.75) is 19.3 Å². The average molecular weight is 507 g/mol. The average Bonchev–Trinajstić information content (AvgIpc) is 3.33. The van der Waals surface area contributed by atoms with Crippen molar-refractivity contribution in [1.29, 1.82) is 0 Å². The van der Waals surface area contributed by atoms with E-state index >= 15 is 0 Å². The highest BCUT2D eigenvalue weighted by atomic mass is 35.5. The van der Waals surface area contributed by atoms with E-state index in [0.717, 1.165) is 0 Å². The largest absolute Gasteiger partial charge is 0.506 e. The zero-order chi connectivity index (χ0) is 23.8. The maximum atomic E-state index is 13.0. The smallest absolute Gasteiger partial charge is 0.324 e. The van der Waals surface area contributed by atoms with Gasteiger partial charge in [-0.2, -0.15) is 0 Å². The number of fused-ring (bicyclic) bond motifs is 1. The van der Waals surface area contributed by atoms with Crippen molar-refractivity contribution in [1.82, 2.24) is 4.98 Å². The molecule has 3 N–H and O–H groups in total. The maximum Gasteiger partial charge on any atom is 0.324 e. The summed E-state index contributed by atoms with van der Waals surface area (Å²) < 4.78 is 5.64. The summed E-state index contributed by atoms with van der Waals surface area (Å²) in [7, 11) is 0. The molecule has 0 fully saturated rings. The van der Waals surface area contributed by atoms with E-state index < -0.39 is 17.4 Å². The van der Waals surface area contributed by atoms with Gasteiger partial charge in [-0.05, 0) is 38.1 Å². The minimum atomic E-state index is -1.13. The molecule has 1 atom stereocenters. The van der Waals surface area contributed by atoms with E-state index in [1.165, 1.54) is 17.4 Å². The highest BCUT2D eigenvalue weighted by molar-refractivity contribution is 7.14. The number of halogens is 2. The molecule has 1 unspecified atom stereocenters. The van der Waals surface area contributed by atoms with Crippen LogP contribution in [0.25, 0.3) is 0 Å².